The minimum Gasteiger partial charge on any atom is -0.497 e. The number of nitrogens with one attached hydrogen (secondary N) is 2. The molecular formula is C21H29N3O2. The summed E-state index contributed by atoms with van der Waals surface area (Å²) in [7, 11) is 5.14. The lowest BCUT2D eigenvalue weighted by molar-refractivity contribution is 0.411. The molecule has 0 aliphatic rings. The van der Waals surface area contributed by atoms with Crippen molar-refractivity contribution in [2.45, 2.75) is 25.8 Å². The van der Waals surface area contributed by atoms with Gasteiger partial charge in [0.15, 0.2) is 5.96 Å². The first-order valence-electron chi connectivity index (χ1n) is 8.70. The van der Waals surface area contributed by atoms with Crippen LogP contribution in [0, 0.1) is 0 Å². The summed E-state index contributed by atoms with van der Waals surface area (Å²) in [5.74, 6) is 2.49. The van der Waals surface area contributed by atoms with Gasteiger partial charge >= 0.3 is 0 Å². The first-order chi connectivity index (χ1) is 12.5. The minimum atomic E-state index is -0.0673. The van der Waals surface area contributed by atoms with E-state index >= 15 is 0 Å². The highest BCUT2D eigenvalue weighted by Crippen LogP contribution is 2.25. The van der Waals surface area contributed by atoms with Gasteiger partial charge in [0.2, 0.25) is 0 Å². The van der Waals surface area contributed by atoms with E-state index in [-0.39, 0.29) is 5.41 Å². The molecule has 26 heavy (non-hydrogen) atoms. The Morgan fingerprint density at radius 1 is 0.962 bits per heavy atom. The lowest BCUT2D eigenvalue weighted by Gasteiger charge is -2.27. The summed E-state index contributed by atoms with van der Waals surface area (Å²) in [5.41, 5.74) is 2.29. The SMILES string of the molecule is CN=C(NCc1cccc(OC)c1)NCC(C)(C)c1cccc(OC)c1. The second kappa shape index (κ2) is 9.13. The molecule has 0 amide bonds. The molecule has 2 N–H and O–H groups in total. The highest BCUT2D eigenvalue weighted by molar-refractivity contribution is 5.79. The molecule has 0 aliphatic carbocycles. The van der Waals surface area contributed by atoms with Crippen molar-refractivity contribution in [2.75, 3.05) is 27.8 Å². The van der Waals surface area contributed by atoms with Crippen molar-refractivity contribution in [3.05, 3.63) is 59.7 Å². The van der Waals surface area contributed by atoms with Gasteiger partial charge in [-0.05, 0) is 35.4 Å². The Kier molecular flexibility index (Phi) is 6.89. The van der Waals surface area contributed by atoms with Crippen LogP contribution in [0.15, 0.2) is 53.5 Å². The third kappa shape index (κ3) is 5.41. The van der Waals surface area contributed by atoms with Crippen molar-refractivity contribution in [1.29, 1.82) is 0 Å². The molecule has 0 saturated carbocycles. The minimum absolute atomic E-state index is 0.0673. The maximum Gasteiger partial charge on any atom is 0.191 e. The summed E-state index contributed by atoms with van der Waals surface area (Å²) in [4.78, 5) is 4.31. The van der Waals surface area contributed by atoms with Crippen LogP contribution in [0.2, 0.25) is 0 Å². The third-order valence-electron chi connectivity index (χ3n) is 4.37. The number of nitrogens with zero attached hydrogens (tertiary/aromatic N) is 1. The van der Waals surface area contributed by atoms with Crippen LogP contribution >= 0.6 is 0 Å². The van der Waals surface area contributed by atoms with Gasteiger partial charge in [-0.2, -0.15) is 0 Å². The number of hydrogen-bond acceptors (Lipinski definition) is 3. The van der Waals surface area contributed by atoms with Crippen molar-refractivity contribution < 1.29 is 9.47 Å². The number of methoxy groups -OCH3 is 2. The molecule has 140 valence electrons. The molecule has 0 bridgehead atoms. The van der Waals surface area contributed by atoms with Crippen molar-refractivity contribution in [1.82, 2.24) is 10.6 Å². The van der Waals surface area contributed by atoms with E-state index < -0.39 is 0 Å². The molecule has 0 aliphatic heterocycles. The van der Waals surface area contributed by atoms with E-state index in [1.165, 1.54) is 5.56 Å². The molecule has 0 spiro atoms. The van der Waals surface area contributed by atoms with Gasteiger partial charge in [-0.1, -0.05) is 38.1 Å². The Morgan fingerprint density at radius 2 is 1.62 bits per heavy atom. The summed E-state index contributed by atoms with van der Waals surface area (Å²) in [6.45, 7) is 5.82. The zero-order valence-electron chi connectivity index (χ0n) is 16.3. The molecule has 0 atom stereocenters. The maximum atomic E-state index is 5.34. The normalized spacial score (nSPS) is 11.8. The van der Waals surface area contributed by atoms with Crippen molar-refractivity contribution in [3.63, 3.8) is 0 Å². The summed E-state index contributed by atoms with van der Waals surface area (Å²) < 4.78 is 10.6. The first kappa shape index (κ1) is 19.6. The Morgan fingerprint density at radius 3 is 2.27 bits per heavy atom. The van der Waals surface area contributed by atoms with Gasteiger partial charge in [0.05, 0.1) is 14.2 Å². The smallest absolute Gasteiger partial charge is 0.191 e. The molecule has 0 heterocycles. The van der Waals surface area contributed by atoms with Crippen LogP contribution in [0.5, 0.6) is 11.5 Å². The Bertz CT molecular complexity index is 742. The molecule has 0 aromatic heterocycles. The fraction of sp³-hybridized carbons (Fsp3) is 0.381. The number of ether oxygens (including phenoxy) is 2. The number of rotatable bonds is 7. The van der Waals surface area contributed by atoms with E-state index in [0.717, 1.165) is 29.6 Å². The van der Waals surface area contributed by atoms with Crippen LogP contribution in [-0.2, 0) is 12.0 Å². The number of guanidine groups is 1. The molecule has 5 heteroatoms. The van der Waals surface area contributed by atoms with E-state index in [1.54, 1.807) is 21.3 Å². The van der Waals surface area contributed by atoms with Gasteiger partial charge in [0, 0.05) is 25.6 Å². The lowest BCUT2D eigenvalue weighted by Crippen LogP contribution is -2.43. The summed E-state index contributed by atoms with van der Waals surface area (Å²) in [6, 6.07) is 16.2. The van der Waals surface area contributed by atoms with Gasteiger partial charge in [-0.25, -0.2) is 0 Å². The van der Waals surface area contributed by atoms with Crippen molar-refractivity contribution in [2.24, 2.45) is 4.99 Å². The monoisotopic (exact) mass is 355 g/mol. The topological polar surface area (TPSA) is 54.9 Å². The lowest BCUT2D eigenvalue weighted by atomic mass is 9.84. The van der Waals surface area contributed by atoms with E-state index in [9.17, 15) is 0 Å². The molecule has 0 fully saturated rings. The predicted molar refractivity (Wildman–Crippen MR) is 107 cm³/mol. The van der Waals surface area contributed by atoms with E-state index in [1.807, 2.05) is 30.3 Å². The maximum absolute atomic E-state index is 5.34. The van der Waals surface area contributed by atoms with Crippen LogP contribution in [0.3, 0.4) is 0 Å². The summed E-state index contributed by atoms with van der Waals surface area (Å²) in [5, 5.41) is 6.75. The van der Waals surface area contributed by atoms with E-state index in [0.29, 0.717) is 6.54 Å². The highest BCUT2D eigenvalue weighted by Gasteiger charge is 2.21. The molecule has 2 aromatic carbocycles. The van der Waals surface area contributed by atoms with Crippen LogP contribution in [0.4, 0.5) is 0 Å². The Labute approximate surface area is 156 Å². The fourth-order valence-electron chi connectivity index (χ4n) is 2.64. The van der Waals surface area contributed by atoms with Crippen LogP contribution in [0.25, 0.3) is 0 Å². The number of benzene rings is 2. The number of hydrogen-bond donors (Lipinski definition) is 2. The van der Waals surface area contributed by atoms with Gasteiger partial charge in [-0.15, -0.1) is 0 Å². The van der Waals surface area contributed by atoms with Gasteiger partial charge in [0.25, 0.3) is 0 Å². The van der Waals surface area contributed by atoms with Gasteiger partial charge < -0.3 is 20.1 Å². The average molecular weight is 355 g/mol. The molecular weight excluding hydrogens is 326 g/mol. The Balaban J connectivity index is 1.94. The largest absolute Gasteiger partial charge is 0.497 e. The average Bonchev–Trinajstić information content (AvgIpc) is 2.68. The standard InChI is InChI=1S/C21H29N3O2/c1-21(2,17-9-7-11-19(13-17)26-5)15-24-20(22-3)23-14-16-8-6-10-18(12-16)25-4/h6-13H,14-15H2,1-5H3,(H2,22,23,24). The molecule has 0 radical (unpaired) electrons. The van der Waals surface area contributed by atoms with Crippen molar-refractivity contribution >= 4 is 5.96 Å². The molecule has 0 saturated heterocycles. The summed E-state index contributed by atoms with van der Waals surface area (Å²) >= 11 is 0. The van der Waals surface area contributed by atoms with Crippen LogP contribution in [0.1, 0.15) is 25.0 Å². The van der Waals surface area contributed by atoms with Crippen LogP contribution in [-0.4, -0.2) is 33.8 Å². The molecule has 0 unspecified atom stereocenters. The zero-order chi connectivity index (χ0) is 19.0. The zero-order valence-corrected chi connectivity index (χ0v) is 16.3. The van der Waals surface area contributed by atoms with Gasteiger partial charge in [0.1, 0.15) is 11.5 Å². The Hall–Kier alpha value is -2.69. The highest BCUT2D eigenvalue weighted by atomic mass is 16.5. The van der Waals surface area contributed by atoms with Crippen molar-refractivity contribution in [3.8, 4) is 11.5 Å². The van der Waals surface area contributed by atoms with Crippen LogP contribution < -0.4 is 20.1 Å². The molecule has 5 nitrogen and oxygen atoms in total. The fourth-order valence-corrected chi connectivity index (χ4v) is 2.64. The van der Waals surface area contributed by atoms with E-state index in [2.05, 4.69) is 47.7 Å². The second-order valence-corrected chi connectivity index (χ2v) is 6.75. The molecule has 2 aromatic rings. The quantitative estimate of drug-likeness (QED) is 0.591. The van der Waals surface area contributed by atoms with E-state index in [4.69, 9.17) is 9.47 Å². The third-order valence-corrected chi connectivity index (χ3v) is 4.37. The first-order valence-corrected chi connectivity index (χ1v) is 8.70. The van der Waals surface area contributed by atoms with Gasteiger partial charge in [-0.3, -0.25) is 4.99 Å². The molecule has 2 rings (SSSR count). The predicted octanol–water partition coefficient (Wildman–Crippen LogP) is 3.35. The summed E-state index contributed by atoms with van der Waals surface area (Å²) in [6.07, 6.45) is 0. The second-order valence-electron chi connectivity index (χ2n) is 6.75. The number of aliphatic imine (C=N–C) groups is 1.